The second kappa shape index (κ2) is 5.79. The summed E-state index contributed by atoms with van der Waals surface area (Å²) in [6.07, 6.45) is 0. The summed E-state index contributed by atoms with van der Waals surface area (Å²) >= 11 is 0.880. The van der Waals surface area contributed by atoms with Gasteiger partial charge >= 0.3 is 5.24 Å². The molecule has 0 aliphatic carbocycles. The molecule has 0 saturated carbocycles. The Morgan fingerprint density at radius 2 is 1.64 bits per heavy atom. The van der Waals surface area contributed by atoms with E-state index in [9.17, 15) is 9.59 Å². The lowest BCUT2D eigenvalue weighted by molar-refractivity contribution is -0.122. The van der Waals surface area contributed by atoms with Crippen molar-refractivity contribution in [2.75, 3.05) is 0 Å². The molecule has 4 nitrogen and oxygen atoms in total. The highest BCUT2D eigenvalue weighted by Gasteiger charge is 2.36. The molecule has 1 aliphatic heterocycles. The van der Waals surface area contributed by atoms with Gasteiger partial charge in [0.1, 0.15) is 0 Å². The Morgan fingerprint density at radius 3 is 2.23 bits per heavy atom. The van der Waals surface area contributed by atoms with Gasteiger partial charge < -0.3 is 0 Å². The maximum absolute atomic E-state index is 12.3. The summed E-state index contributed by atoms with van der Waals surface area (Å²) in [5.74, 6) is 5.06. The number of imide groups is 1. The highest BCUT2D eigenvalue weighted by molar-refractivity contribution is 8.18. The monoisotopic (exact) mass is 310 g/mol. The first-order chi connectivity index (χ1) is 10.6. The number of hydrogen-bond acceptors (Lipinski definition) is 4. The van der Waals surface area contributed by atoms with Crippen molar-refractivity contribution in [2.45, 2.75) is 6.92 Å². The molecule has 2 aromatic rings. The van der Waals surface area contributed by atoms with Gasteiger partial charge in [-0.3, -0.25) is 9.59 Å². The molecular weight excluding hydrogens is 296 g/mol. The van der Waals surface area contributed by atoms with Gasteiger partial charge in [0, 0.05) is 5.57 Å². The van der Waals surface area contributed by atoms with E-state index in [1.807, 2.05) is 61.5 Å². The van der Waals surface area contributed by atoms with E-state index in [-0.39, 0.29) is 0 Å². The number of hydrazine groups is 1. The van der Waals surface area contributed by atoms with Crippen LogP contribution in [0.3, 0.4) is 0 Å². The third-order valence-electron chi connectivity index (χ3n) is 3.50. The maximum atomic E-state index is 12.3. The molecule has 5 heteroatoms. The number of amides is 2. The number of aryl methyl sites for hydroxylation is 1. The molecule has 110 valence electrons. The molecule has 22 heavy (non-hydrogen) atoms. The second-order valence-electron chi connectivity index (χ2n) is 4.93. The maximum Gasteiger partial charge on any atom is 0.308 e. The van der Waals surface area contributed by atoms with Crippen molar-refractivity contribution in [3.05, 3.63) is 76.2 Å². The quantitative estimate of drug-likeness (QED) is 0.525. The first kappa shape index (κ1) is 14.6. The van der Waals surface area contributed by atoms with E-state index >= 15 is 0 Å². The predicted molar refractivity (Wildman–Crippen MR) is 87.7 cm³/mol. The minimum absolute atomic E-state index is 0.369. The van der Waals surface area contributed by atoms with Crippen molar-refractivity contribution in [3.63, 3.8) is 0 Å². The predicted octanol–water partition coefficient (Wildman–Crippen LogP) is 3.32. The van der Waals surface area contributed by atoms with Crippen LogP contribution in [0, 0.1) is 6.92 Å². The van der Waals surface area contributed by atoms with Crippen molar-refractivity contribution in [1.29, 1.82) is 0 Å². The molecule has 0 radical (unpaired) electrons. The van der Waals surface area contributed by atoms with Gasteiger partial charge in [-0.2, -0.15) is 0 Å². The number of carbonyl (C=O) groups is 2. The van der Waals surface area contributed by atoms with Crippen LogP contribution < -0.4 is 5.84 Å². The summed E-state index contributed by atoms with van der Waals surface area (Å²) in [4.78, 5) is 24.4. The molecule has 2 N–H and O–H groups in total. The zero-order valence-electron chi connectivity index (χ0n) is 11.9. The first-order valence-electron chi connectivity index (χ1n) is 6.76. The van der Waals surface area contributed by atoms with Gasteiger partial charge in [-0.25, -0.2) is 10.9 Å². The van der Waals surface area contributed by atoms with Crippen LogP contribution in [-0.4, -0.2) is 16.2 Å². The average molecular weight is 310 g/mol. The van der Waals surface area contributed by atoms with Gasteiger partial charge in [0.25, 0.3) is 5.91 Å². The lowest BCUT2D eigenvalue weighted by atomic mass is 9.94. The molecule has 1 fully saturated rings. The topological polar surface area (TPSA) is 63.4 Å². The minimum atomic E-state index is -0.461. The van der Waals surface area contributed by atoms with Crippen molar-refractivity contribution < 1.29 is 9.59 Å². The Kier molecular flexibility index (Phi) is 3.83. The van der Waals surface area contributed by atoms with E-state index in [1.165, 1.54) is 0 Å². The molecule has 1 heterocycles. The molecule has 0 unspecified atom stereocenters. The molecule has 0 bridgehead atoms. The highest BCUT2D eigenvalue weighted by Crippen LogP contribution is 2.39. The van der Waals surface area contributed by atoms with Gasteiger partial charge in [-0.05, 0) is 35.4 Å². The minimum Gasteiger partial charge on any atom is -0.266 e. The standard InChI is InChI=1S/C17H14N2O2S/c1-11-7-5-6-10-13(11)14(12-8-3-2-4-9-12)15-16(20)19(18)17(21)22-15/h2-10H,18H2,1H3/b15-14-. The van der Waals surface area contributed by atoms with Crippen LogP contribution in [0.25, 0.3) is 5.57 Å². The van der Waals surface area contributed by atoms with Gasteiger partial charge in [0.2, 0.25) is 0 Å². The third kappa shape index (κ3) is 2.45. The molecular formula is C17H14N2O2S. The highest BCUT2D eigenvalue weighted by atomic mass is 32.2. The van der Waals surface area contributed by atoms with E-state index in [0.29, 0.717) is 9.91 Å². The number of hydrogen-bond donors (Lipinski definition) is 1. The zero-order valence-corrected chi connectivity index (χ0v) is 12.8. The second-order valence-corrected chi connectivity index (χ2v) is 5.89. The van der Waals surface area contributed by atoms with Crippen LogP contribution in [-0.2, 0) is 4.79 Å². The van der Waals surface area contributed by atoms with Crippen molar-refractivity contribution >= 4 is 28.5 Å². The van der Waals surface area contributed by atoms with Crippen LogP contribution in [0.2, 0.25) is 0 Å². The van der Waals surface area contributed by atoms with Crippen molar-refractivity contribution in [1.82, 2.24) is 5.01 Å². The summed E-state index contributed by atoms with van der Waals surface area (Å²) in [6, 6.07) is 17.3. The SMILES string of the molecule is Cc1ccccc1/C(=C1\SC(=O)N(N)C1=O)c1ccccc1. The largest absolute Gasteiger partial charge is 0.308 e. The molecule has 0 aromatic heterocycles. The fourth-order valence-corrected chi connectivity index (χ4v) is 3.27. The van der Waals surface area contributed by atoms with Crippen molar-refractivity contribution in [3.8, 4) is 0 Å². The molecule has 3 rings (SSSR count). The zero-order chi connectivity index (χ0) is 15.7. The third-order valence-corrected chi connectivity index (χ3v) is 4.46. The summed E-state index contributed by atoms with van der Waals surface area (Å²) in [5, 5.41) is 0.211. The molecule has 1 saturated heterocycles. The normalized spacial score (nSPS) is 17.1. The van der Waals surface area contributed by atoms with E-state index < -0.39 is 11.1 Å². The lowest BCUT2D eigenvalue weighted by Crippen LogP contribution is -2.35. The smallest absolute Gasteiger partial charge is 0.266 e. The molecule has 2 amide bonds. The number of nitrogens with two attached hydrogens (primary N) is 1. The Labute approximate surface area is 132 Å². The number of rotatable bonds is 2. The van der Waals surface area contributed by atoms with Gasteiger partial charge in [-0.15, -0.1) is 0 Å². The summed E-state index contributed by atoms with van der Waals surface area (Å²) in [6.45, 7) is 1.98. The van der Waals surface area contributed by atoms with Crippen LogP contribution in [0.5, 0.6) is 0 Å². The fraction of sp³-hybridized carbons (Fsp3) is 0.0588. The average Bonchev–Trinajstić information content (AvgIpc) is 2.78. The lowest BCUT2D eigenvalue weighted by Gasteiger charge is -2.13. The number of carbonyl (C=O) groups excluding carboxylic acids is 2. The van der Waals surface area contributed by atoms with Gasteiger partial charge in [0.05, 0.1) is 4.91 Å². The Morgan fingerprint density at radius 1 is 1.00 bits per heavy atom. The van der Waals surface area contributed by atoms with E-state index in [0.717, 1.165) is 34.0 Å². The van der Waals surface area contributed by atoms with Gasteiger partial charge in [0.15, 0.2) is 0 Å². The molecule has 1 aliphatic rings. The van der Waals surface area contributed by atoms with Gasteiger partial charge in [-0.1, -0.05) is 54.6 Å². The first-order valence-corrected chi connectivity index (χ1v) is 7.58. The summed E-state index contributed by atoms with van der Waals surface area (Å²) in [7, 11) is 0. The Hall–Kier alpha value is -2.37. The number of thioether (sulfide) groups is 1. The number of benzene rings is 2. The summed E-state index contributed by atoms with van der Waals surface area (Å²) in [5.41, 5.74) is 3.59. The Balaban J connectivity index is 2.28. The fourth-order valence-electron chi connectivity index (χ4n) is 2.40. The van der Waals surface area contributed by atoms with Crippen molar-refractivity contribution in [2.24, 2.45) is 5.84 Å². The van der Waals surface area contributed by atoms with Crippen LogP contribution in [0.1, 0.15) is 16.7 Å². The van der Waals surface area contributed by atoms with Crippen LogP contribution in [0.4, 0.5) is 4.79 Å². The molecule has 2 aromatic carbocycles. The summed E-state index contributed by atoms with van der Waals surface area (Å²) < 4.78 is 0. The Bertz CT molecular complexity index is 784. The molecule has 0 spiro atoms. The number of nitrogens with zero attached hydrogens (tertiary/aromatic N) is 1. The van der Waals surface area contributed by atoms with E-state index in [4.69, 9.17) is 5.84 Å². The van der Waals surface area contributed by atoms with Crippen LogP contribution >= 0.6 is 11.8 Å². The van der Waals surface area contributed by atoms with E-state index in [2.05, 4.69) is 0 Å². The molecule has 0 atom stereocenters. The van der Waals surface area contributed by atoms with Crippen LogP contribution in [0.15, 0.2) is 59.5 Å². The van der Waals surface area contributed by atoms with E-state index in [1.54, 1.807) is 0 Å².